The smallest absolute Gasteiger partial charge is 0.0618 e. The van der Waals surface area contributed by atoms with E-state index >= 15 is 0 Å². The quantitative estimate of drug-likeness (QED) is 0.344. The van der Waals surface area contributed by atoms with Gasteiger partial charge in [-0.15, -0.1) is 0 Å². The molecule has 3 rings (SSSR count). The molecule has 0 spiro atoms. The molecule has 0 amide bonds. The molecule has 3 aliphatic rings. The molecular weight excluding hydrogens is 406 g/mol. The third kappa shape index (κ3) is 7.05. The largest absolute Gasteiger partial charge is 0.390 e. The predicted octanol–water partition coefficient (Wildman–Crippen LogP) is 7.11. The summed E-state index contributed by atoms with van der Waals surface area (Å²) >= 11 is 0. The van der Waals surface area contributed by atoms with Gasteiger partial charge in [0.25, 0.3) is 0 Å². The number of aliphatic hydroxyl groups is 1. The molecule has 3 saturated carbocycles. The molecule has 3 N–H and O–H groups in total. The van der Waals surface area contributed by atoms with E-state index in [0.717, 1.165) is 62.9 Å². The monoisotopic (exact) mass is 457 g/mol. The van der Waals surface area contributed by atoms with Crippen LogP contribution in [-0.4, -0.2) is 30.0 Å². The Hall–Kier alpha value is -0.900. The van der Waals surface area contributed by atoms with Gasteiger partial charge in [0.05, 0.1) is 11.7 Å². The summed E-state index contributed by atoms with van der Waals surface area (Å²) in [5, 5.41) is 10.1. The fourth-order valence-electron chi connectivity index (χ4n) is 7.13. The van der Waals surface area contributed by atoms with Crippen LogP contribution in [-0.2, 0) is 4.74 Å². The van der Waals surface area contributed by atoms with Crippen LogP contribution in [0.3, 0.4) is 0 Å². The third-order valence-corrected chi connectivity index (χ3v) is 9.04. The summed E-state index contributed by atoms with van der Waals surface area (Å²) in [4.78, 5) is 0. The van der Waals surface area contributed by atoms with Crippen LogP contribution in [0.4, 0.5) is 0 Å². The van der Waals surface area contributed by atoms with Crippen molar-refractivity contribution in [3.05, 3.63) is 35.5 Å². The van der Waals surface area contributed by atoms with E-state index in [-0.39, 0.29) is 0 Å². The van der Waals surface area contributed by atoms with Crippen LogP contribution in [0.5, 0.6) is 0 Å². The summed E-state index contributed by atoms with van der Waals surface area (Å²) in [5.41, 5.74) is 9.91. The number of ether oxygens (including phenoxy) is 1. The highest BCUT2D eigenvalue weighted by Gasteiger charge is 2.50. The molecule has 3 nitrogen and oxygen atoms in total. The van der Waals surface area contributed by atoms with Crippen molar-refractivity contribution in [1.82, 2.24) is 0 Å². The minimum absolute atomic E-state index is 0.323. The second kappa shape index (κ2) is 11.7. The average Bonchev–Trinajstić information content (AvgIpc) is 3.10. The molecule has 3 fully saturated rings. The van der Waals surface area contributed by atoms with E-state index in [9.17, 15) is 5.11 Å². The van der Waals surface area contributed by atoms with E-state index in [1.54, 1.807) is 5.57 Å². The Kier molecular flexibility index (Phi) is 9.46. The summed E-state index contributed by atoms with van der Waals surface area (Å²) in [6.07, 6.45) is 19.2. The Morgan fingerprint density at radius 3 is 2.73 bits per heavy atom. The zero-order valence-corrected chi connectivity index (χ0v) is 22.0. The van der Waals surface area contributed by atoms with Crippen LogP contribution < -0.4 is 5.73 Å². The Balaban J connectivity index is 1.64. The maximum absolute atomic E-state index is 10.1. The van der Waals surface area contributed by atoms with Crippen molar-refractivity contribution in [2.45, 2.75) is 116 Å². The SMILES string of the molecule is C=C1CC[C@H](OCCCN)CC1=CC=C1CCC[C@]2(C)[C@@H]([C@H](C)CCCC(C)(C)O)CC[C@@H]12. The summed E-state index contributed by atoms with van der Waals surface area (Å²) in [6.45, 7) is 14.8. The highest BCUT2D eigenvalue weighted by Crippen LogP contribution is 2.60. The van der Waals surface area contributed by atoms with Crippen molar-refractivity contribution in [2.24, 2.45) is 28.9 Å². The predicted molar refractivity (Wildman–Crippen MR) is 140 cm³/mol. The number of allylic oxidation sites excluding steroid dienone is 4. The molecule has 0 unspecified atom stereocenters. The molecule has 0 aromatic rings. The molecule has 0 saturated heterocycles. The molecule has 0 aromatic heterocycles. The second-order valence-corrected chi connectivity index (χ2v) is 12.2. The van der Waals surface area contributed by atoms with Gasteiger partial charge >= 0.3 is 0 Å². The van der Waals surface area contributed by atoms with Crippen molar-refractivity contribution in [3.8, 4) is 0 Å². The van der Waals surface area contributed by atoms with E-state index in [2.05, 4.69) is 32.6 Å². The lowest BCUT2D eigenvalue weighted by molar-refractivity contribution is 0.0435. The lowest BCUT2D eigenvalue weighted by atomic mass is 9.60. The number of hydrogen-bond donors (Lipinski definition) is 2. The van der Waals surface area contributed by atoms with E-state index < -0.39 is 5.60 Å². The minimum Gasteiger partial charge on any atom is -0.390 e. The average molecular weight is 458 g/mol. The summed E-state index contributed by atoms with van der Waals surface area (Å²) in [6, 6.07) is 0. The lowest BCUT2D eigenvalue weighted by Crippen LogP contribution is -2.36. The van der Waals surface area contributed by atoms with Crippen LogP contribution >= 0.6 is 0 Å². The van der Waals surface area contributed by atoms with E-state index in [1.807, 2.05) is 13.8 Å². The van der Waals surface area contributed by atoms with Gasteiger partial charge in [-0.25, -0.2) is 0 Å². The molecule has 0 radical (unpaired) electrons. The number of rotatable bonds is 10. The van der Waals surface area contributed by atoms with Gasteiger partial charge in [-0.05, 0) is 113 Å². The van der Waals surface area contributed by atoms with Crippen LogP contribution in [0.2, 0.25) is 0 Å². The Bertz CT molecular complexity index is 715. The number of nitrogens with two attached hydrogens (primary N) is 1. The van der Waals surface area contributed by atoms with Gasteiger partial charge in [0.2, 0.25) is 0 Å². The molecule has 5 atom stereocenters. The van der Waals surface area contributed by atoms with Gasteiger partial charge in [-0.2, -0.15) is 0 Å². The molecule has 0 heterocycles. The summed E-state index contributed by atoms with van der Waals surface area (Å²) in [5.74, 6) is 2.29. The second-order valence-electron chi connectivity index (χ2n) is 12.2. The zero-order valence-electron chi connectivity index (χ0n) is 22.0. The number of hydrogen-bond acceptors (Lipinski definition) is 3. The maximum Gasteiger partial charge on any atom is 0.0618 e. The van der Waals surface area contributed by atoms with Crippen LogP contribution in [0.15, 0.2) is 35.5 Å². The topological polar surface area (TPSA) is 55.5 Å². The first-order valence-electron chi connectivity index (χ1n) is 13.8. The van der Waals surface area contributed by atoms with Crippen molar-refractivity contribution in [1.29, 1.82) is 0 Å². The zero-order chi connectivity index (χ0) is 24.1. The Morgan fingerprint density at radius 2 is 2.00 bits per heavy atom. The van der Waals surface area contributed by atoms with Crippen molar-refractivity contribution in [2.75, 3.05) is 13.2 Å². The van der Waals surface area contributed by atoms with Gasteiger partial charge in [-0.1, -0.05) is 56.6 Å². The minimum atomic E-state index is -0.534. The molecule has 188 valence electrons. The van der Waals surface area contributed by atoms with Crippen molar-refractivity contribution < 1.29 is 9.84 Å². The molecule has 3 heteroatoms. The molecule has 0 aromatic carbocycles. The molecule has 0 aliphatic heterocycles. The van der Waals surface area contributed by atoms with Crippen LogP contribution in [0.1, 0.15) is 105 Å². The standard InChI is InChI=1S/C30H51NO2/c1-22-11-14-26(33-20-8-19-31)21-25(22)13-12-24-10-7-18-30(5)27(15-16-28(24)30)23(2)9-6-17-29(3,4)32/h12-13,23,26-28,32H,1,6-11,14-21,31H2,2-5H3/t23-,26+,27-,28+,30-/m1/s1. The lowest BCUT2D eigenvalue weighted by Gasteiger charge is -2.44. The Labute approximate surface area is 203 Å². The van der Waals surface area contributed by atoms with Gasteiger partial charge in [0.1, 0.15) is 0 Å². The number of fused-ring (bicyclic) bond motifs is 1. The highest BCUT2D eigenvalue weighted by molar-refractivity contribution is 5.36. The maximum atomic E-state index is 10.1. The summed E-state index contributed by atoms with van der Waals surface area (Å²) < 4.78 is 6.07. The third-order valence-electron chi connectivity index (χ3n) is 9.04. The van der Waals surface area contributed by atoms with Gasteiger partial charge in [-0.3, -0.25) is 0 Å². The molecule has 33 heavy (non-hydrogen) atoms. The van der Waals surface area contributed by atoms with Crippen molar-refractivity contribution in [3.63, 3.8) is 0 Å². The molecular formula is C30H51NO2. The first kappa shape index (κ1) is 26.7. The Morgan fingerprint density at radius 1 is 1.21 bits per heavy atom. The van der Waals surface area contributed by atoms with Crippen molar-refractivity contribution >= 4 is 0 Å². The van der Waals surface area contributed by atoms with Gasteiger partial charge in [0.15, 0.2) is 0 Å². The molecule has 0 bridgehead atoms. The van der Waals surface area contributed by atoms with Gasteiger partial charge < -0.3 is 15.6 Å². The first-order chi connectivity index (χ1) is 15.6. The van der Waals surface area contributed by atoms with E-state index in [1.165, 1.54) is 49.7 Å². The normalized spacial score (nSPS) is 34.1. The first-order valence-corrected chi connectivity index (χ1v) is 13.8. The van der Waals surface area contributed by atoms with Gasteiger partial charge in [0, 0.05) is 6.61 Å². The fourth-order valence-corrected chi connectivity index (χ4v) is 7.13. The highest BCUT2D eigenvalue weighted by atomic mass is 16.5. The van der Waals surface area contributed by atoms with E-state index in [4.69, 9.17) is 10.5 Å². The summed E-state index contributed by atoms with van der Waals surface area (Å²) in [7, 11) is 0. The van der Waals surface area contributed by atoms with E-state index in [0.29, 0.717) is 18.1 Å². The molecule has 3 aliphatic carbocycles. The fraction of sp³-hybridized carbons (Fsp3) is 0.800. The van der Waals surface area contributed by atoms with Crippen LogP contribution in [0, 0.1) is 23.2 Å². The van der Waals surface area contributed by atoms with Crippen LogP contribution in [0.25, 0.3) is 0 Å².